The van der Waals surface area contributed by atoms with Crippen LogP contribution in [0.1, 0.15) is 18.3 Å². The molecule has 0 aliphatic carbocycles. The Hall–Kier alpha value is -1.72. The lowest BCUT2D eigenvalue weighted by Crippen LogP contribution is -2.27. The van der Waals surface area contributed by atoms with Gasteiger partial charge >= 0.3 is 0 Å². The van der Waals surface area contributed by atoms with E-state index in [2.05, 4.69) is 20.4 Å². The van der Waals surface area contributed by atoms with Crippen molar-refractivity contribution in [1.29, 1.82) is 0 Å². The molecule has 0 bridgehead atoms. The van der Waals surface area contributed by atoms with E-state index in [-0.39, 0.29) is 12.1 Å². The second kappa shape index (κ2) is 4.27. The predicted octanol–water partition coefficient (Wildman–Crippen LogP) is 1.60. The Morgan fingerprint density at radius 3 is 3.12 bits per heavy atom. The number of nitrogens with zero attached hydrogens (tertiary/aromatic N) is 2. The molecule has 0 radical (unpaired) electrons. The van der Waals surface area contributed by atoms with Gasteiger partial charge in [-0.3, -0.25) is 4.99 Å². The average Bonchev–Trinajstić information content (AvgIpc) is 2.94. The lowest BCUT2D eigenvalue weighted by Gasteiger charge is -2.08. The molecule has 17 heavy (non-hydrogen) atoms. The van der Waals surface area contributed by atoms with Gasteiger partial charge in [0.2, 0.25) is 0 Å². The number of nitrogens with one attached hydrogen (secondary N) is 2. The lowest BCUT2D eigenvalue weighted by atomic mass is 10.1. The van der Waals surface area contributed by atoms with Gasteiger partial charge in [0.05, 0.1) is 24.2 Å². The first-order valence-electron chi connectivity index (χ1n) is 5.63. The van der Waals surface area contributed by atoms with E-state index in [9.17, 15) is 0 Å². The molecule has 0 saturated heterocycles. The summed E-state index contributed by atoms with van der Waals surface area (Å²) < 4.78 is 0. The van der Waals surface area contributed by atoms with Gasteiger partial charge in [0, 0.05) is 6.21 Å². The van der Waals surface area contributed by atoms with Crippen molar-refractivity contribution in [2.75, 3.05) is 7.11 Å². The maximum atomic E-state index is 4.90. The van der Waals surface area contributed by atoms with Crippen LogP contribution in [0.4, 0.5) is 0 Å². The van der Waals surface area contributed by atoms with Crippen LogP contribution in [0.15, 0.2) is 29.3 Å². The van der Waals surface area contributed by atoms with Gasteiger partial charge in [0.1, 0.15) is 11.9 Å². The van der Waals surface area contributed by atoms with Crippen molar-refractivity contribution in [3.05, 3.63) is 30.1 Å². The molecule has 1 aliphatic rings. The molecule has 2 aromatic rings. The SMILES string of the molecule is CONC1C=NC(c2nc3ccccc3[nH]2)C1. The van der Waals surface area contributed by atoms with Gasteiger partial charge in [0.25, 0.3) is 0 Å². The normalized spacial score (nSPS) is 23.6. The number of aromatic amines is 1. The summed E-state index contributed by atoms with van der Waals surface area (Å²) in [6.07, 6.45) is 2.75. The molecule has 2 heterocycles. The third kappa shape index (κ3) is 1.94. The minimum Gasteiger partial charge on any atom is -0.340 e. The molecule has 0 fully saturated rings. The molecule has 1 aromatic carbocycles. The summed E-state index contributed by atoms with van der Waals surface area (Å²) in [5.74, 6) is 0.919. The standard InChI is InChI=1S/C12H14N4O/c1-17-16-8-6-11(13-7-8)12-14-9-4-2-3-5-10(9)15-12/h2-5,7-8,11,16H,6H2,1H3,(H,14,15). The van der Waals surface area contributed by atoms with Crippen LogP contribution in [0.2, 0.25) is 0 Å². The maximum absolute atomic E-state index is 4.90. The number of hydrogen-bond donors (Lipinski definition) is 2. The second-order valence-corrected chi connectivity index (χ2v) is 4.12. The number of benzene rings is 1. The van der Waals surface area contributed by atoms with Gasteiger partial charge in [-0.1, -0.05) is 12.1 Å². The van der Waals surface area contributed by atoms with E-state index in [4.69, 9.17) is 4.84 Å². The molecule has 2 atom stereocenters. The Morgan fingerprint density at radius 2 is 2.29 bits per heavy atom. The van der Waals surface area contributed by atoms with Crippen LogP contribution >= 0.6 is 0 Å². The van der Waals surface area contributed by atoms with Gasteiger partial charge in [0.15, 0.2) is 0 Å². The molecule has 0 saturated carbocycles. The first-order valence-corrected chi connectivity index (χ1v) is 5.63. The molecular weight excluding hydrogens is 216 g/mol. The minimum absolute atomic E-state index is 0.0926. The van der Waals surface area contributed by atoms with Crippen molar-refractivity contribution in [2.45, 2.75) is 18.5 Å². The molecule has 5 nitrogen and oxygen atoms in total. The summed E-state index contributed by atoms with van der Waals surface area (Å²) in [5, 5.41) is 0. The van der Waals surface area contributed by atoms with Crippen molar-refractivity contribution in [3.63, 3.8) is 0 Å². The number of H-pyrrole nitrogens is 1. The van der Waals surface area contributed by atoms with Crippen molar-refractivity contribution < 1.29 is 4.84 Å². The summed E-state index contributed by atoms with van der Waals surface area (Å²) in [6, 6.07) is 8.26. The highest BCUT2D eigenvalue weighted by Crippen LogP contribution is 2.26. The third-order valence-corrected chi connectivity index (χ3v) is 2.92. The monoisotopic (exact) mass is 230 g/mol. The Labute approximate surface area is 98.9 Å². The molecule has 2 unspecified atom stereocenters. The molecule has 1 aromatic heterocycles. The quantitative estimate of drug-likeness (QED) is 0.787. The zero-order valence-electron chi connectivity index (χ0n) is 9.55. The molecular formula is C12H14N4O. The number of aliphatic imine (C=N–C) groups is 1. The van der Waals surface area contributed by atoms with E-state index < -0.39 is 0 Å². The van der Waals surface area contributed by atoms with Crippen LogP contribution in [-0.2, 0) is 4.84 Å². The maximum Gasteiger partial charge on any atom is 0.132 e. The zero-order chi connectivity index (χ0) is 11.7. The van der Waals surface area contributed by atoms with Crippen LogP contribution in [-0.4, -0.2) is 29.3 Å². The van der Waals surface area contributed by atoms with E-state index in [1.807, 2.05) is 30.5 Å². The van der Waals surface area contributed by atoms with Gasteiger partial charge in [-0.15, -0.1) is 0 Å². The van der Waals surface area contributed by atoms with Crippen LogP contribution in [0.25, 0.3) is 11.0 Å². The highest BCUT2D eigenvalue weighted by molar-refractivity contribution is 5.75. The number of fused-ring (bicyclic) bond motifs is 1. The largest absolute Gasteiger partial charge is 0.340 e. The smallest absolute Gasteiger partial charge is 0.132 e. The fourth-order valence-corrected chi connectivity index (χ4v) is 2.11. The van der Waals surface area contributed by atoms with Gasteiger partial charge in [-0.05, 0) is 18.6 Å². The van der Waals surface area contributed by atoms with E-state index in [1.54, 1.807) is 7.11 Å². The first kappa shape index (κ1) is 10.4. The van der Waals surface area contributed by atoms with Crippen molar-refractivity contribution in [3.8, 4) is 0 Å². The number of hydrogen-bond acceptors (Lipinski definition) is 4. The van der Waals surface area contributed by atoms with E-state index in [0.29, 0.717) is 0 Å². The van der Waals surface area contributed by atoms with Crippen LogP contribution in [0.5, 0.6) is 0 Å². The number of aromatic nitrogens is 2. The van der Waals surface area contributed by atoms with Crippen LogP contribution in [0, 0.1) is 0 Å². The first-order chi connectivity index (χ1) is 8.36. The average molecular weight is 230 g/mol. The third-order valence-electron chi connectivity index (χ3n) is 2.92. The second-order valence-electron chi connectivity index (χ2n) is 4.12. The van der Waals surface area contributed by atoms with Crippen molar-refractivity contribution in [2.24, 2.45) is 4.99 Å². The van der Waals surface area contributed by atoms with E-state index >= 15 is 0 Å². The van der Waals surface area contributed by atoms with E-state index in [0.717, 1.165) is 23.3 Å². The van der Waals surface area contributed by atoms with Gasteiger partial charge < -0.3 is 9.82 Å². The fourth-order valence-electron chi connectivity index (χ4n) is 2.11. The van der Waals surface area contributed by atoms with Crippen molar-refractivity contribution in [1.82, 2.24) is 15.4 Å². The summed E-state index contributed by atoms with van der Waals surface area (Å²) in [6.45, 7) is 0. The zero-order valence-corrected chi connectivity index (χ0v) is 9.55. The number of rotatable bonds is 3. The lowest BCUT2D eigenvalue weighted by molar-refractivity contribution is 0.0782. The Morgan fingerprint density at radius 1 is 1.41 bits per heavy atom. The highest BCUT2D eigenvalue weighted by Gasteiger charge is 2.24. The highest BCUT2D eigenvalue weighted by atomic mass is 16.6. The summed E-state index contributed by atoms with van der Waals surface area (Å²) in [5.41, 5.74) is 4.93. The minimum atomic E-state index is 0.0926. The molecule has 0 spiro atoms. The summed E-state index contributed by atoms with van der Waals surface area (Å²) >= 11 is 0. The fraction of sp³-hybridized carbons (Fsp3) is 0.333. The number of para-hydroxylation sites is 2. The molecule has 88 valence electrons. The Bertz CT molecular complexity index is 515. The summed E-state index contributed by atoms with van der Waals surface area (Å²) in [4.78, 5) is 17.2. The van der Waals surface area contributed by atoms with Crippen LogP contribution in [0.3, 0.4) is 0 Å². The molecule has 5 heteroatoms. The van der Waals surface area contributed by atoms with Crippen molar-refractivity contribution >= 4 is 17.2 Å². The topological polar surface area (TPSA) is 62.3 Å². The molecule has 0 amide bonds. The number of hydroxylamine groups is 1. The van der Waals surface area contributed by atoms with E-state index in [1.165, 1.54) is 0 Å². The summed E-state index contributed by atoms with van der Waals surface area (Å²) in [7, 11) is 1.61. The Balaban J connectivity index is 1.83. The van der Waals surface area contributed by atoms with Crippen LogP contribution < -0.4 is 5.48 Å². The number of imidazole rings is 1. The molecule has 3 rings (SSSR count). The Kier molecular flexibility index (Phi) is 2.62. The van der Waals surface area contributed by atoms with Gasteiger partial charge in [-0.25, -0.2) is 4.98 Å². The molecule has 1 aliphatic heterocycles. The predicted molar refractivity (Wildman–Crippen MR) is 65.9 cm³/mol. The molecule has 2 N–H and O–H groups in total. The van der Waals surface area contributed by atoms with Gasteiger partial charge in [-0.2, -0.15) is 5.48 Å².